The van der Waals surface area contributed by atoms with Gasteiger partial charge in [0.15, 0.2) is 0 Å². The zero-order valence-corrected chi connectivity index (χ0v) is 9.98. The van der Waals surface area contributed by atoms with Gasteiger partial charge in [0.05, 0.1) is 0 Å². The van der Waals surface area contributed by atoms with Gasteiger partial charge in [0.25, 0.3) is 0 Å². The van der Waals surface area contributed by atoms with E-state index in [1.54, 1.807) is 12.1 Å². The van der Waals surface area contributed by atoms with E-state index in [9.17, 15) is 5.11 Å². The summed E-state index contributed by atoms with van der Waals surface area (Å²) in [5, 5.41) is 12.6. The molecule has 2 N–H and O–H groups in total. The first kappa shape index (κ1) is 11.4. The van der Waals surface area contributed by atoms with Crippen molar-refractivity contribution >= 4 is 0 Å². The lowest BCUT2D eigenvalue weighted by atomic mass is 10.1. The molecule has 16 heavy (non-hydrogen) atoms. The molecule has 0 aromatic heterocycles. The van der Waals surface area contributed by atoms with E-state index < -0.39 is 0 Å². The van der Waals surface area contributed by atoms with Crippen LogP contribution in [0.3, 0.4) is 0 Å². The highest BCUT2D eigenvalue weighted by Gasteiger charge is 2.26. The molecule has 3 nitrogen and oxygen atoms in total. The fraction of sp³-hybridized carbons (Fsp3) is 0.538. The normalized spacial score (nSPS) is 16.8. The summed E-state index contributed by atoms with van der Waals surface area (Å²) >= 11 is 0. The number of nitrogens with one attached hydrogen (secondary N) is 1. The summed E-state index contributed by atoms with van der Waals surface area (Å²) in [4.78, 5) is 2.50. The maximum Gasteiger partial charge on any atom is 0.115 e. The molecule has 1 fully saturated rings. The van der Waals surface area contributed by atoms with E-state index in [1.807, 2.05) is 12.1 Å². The smallest absolute Gasteiger partial charge is 0.115 e. The van der Waals surface area contributed by atoms with Gasteiger partial charge in [0, 0.05) is 31.7 Å². The molecule has 1 aliphatic heterocycles. The molecule has 2 rings (SSSR count). The maximum absolute atomic E-state index is 9.24. The second-order valence-electron chi connectivity index (χ2n) is 4.74. The number of hydrogen-bond acceptors (Lipinski definition) is 3. The fourth-order valence-corrected chi connectivity index (χ4v) is 2.05. The Morgan fingerprint density at radius 2 is 1.94 bits per heavy atom. The van der Waals surface area contributed by atoms with Crippen LogP contribution < -0.4 is 5.32 Å². The summed E-state index contributed by atoms with van der Waals surface area (Å²) in [6.45, 7) is 7.62. The SMILES string of the molecule is CC(C)N(Cc1ccc(O)cc1)C1CNC1. The molecule has 0 radical (unpaired) electrons. The van der Waals surface area contributed by atoms with Crippen LogP contribution in [0.2, 0.25) is 0 Å². The fourth-order valence-electron chi connectivity index (χ4n) is 2.05. The van der Waals surface area contributed by atoms with Crippen molar-refractivity contribution in [3.8, 4) is 5.75 Å². The second kappa shape index (κ2) is 4.85. The second-order valence-corrected chi connectivity index (χ2v) is 4.74. The first-order chi connectivity index (χ1) is 7.66. The Hall–Kier alpha value is -1.06. The average molecular weight is 220 g/mol. The Kier molecular flexibility index (Phi) is 3.46. The van der Waals surface area contributed by atoms with Crippen molar-refractivity contribution in [2.24, 2.45) is 0 Å². The molecule has 0 saturated carbocycles. The number of phenols is 1. The number of benzene rings is 1. The molecule has 1 aromatic carbocycles. The van der Waals surface area contributed by atoms with Gasteiger partial charge < -0.3 is 10.4 Å². The molecule has 1 heterocycles. The van der Waals surface area contributed by atoms with Crippen LogP contribution in [-0.2, 0) is 6.54 Å². The molecule has 0 bridgehead atoms. The summed E-state index contributed by atoms with van der Waals surface area (Å²) in [5.41, 5.74) is 1.26. The number of aromatic hydroxyl groups is 1. The van der Waals surface area contributed by atoms with Crippen molar-refractivity contribution in [3.05, 3.63) is 29.8 Å². The quantitative estimate of drug-likeness (QED) is 0.808. The van der Waals surface area contributed by atoms with Crippen molar-refractivity contribution in [2.75, 3.05) is 13.1 Å². The predicted molar refractivity (Wildman–Crippen MR) is 65.4 cm³/mol. The van der Waals surface area contributed by atoms with Crippen molar-refractivity contribution in [2.45, 2.75) is 32.5 Å². The van der Waals surface area contributed by atoms with Crippen LogP contribution in [0.4, 0.5) is 0 Å². The average Bonchev–Trinajstić information content (AvgIpc) is 2.17. The Labute approximate surface area is 97.1 Å². The van der Waals surface area contributed by atoms with Crippen molar-refractivity contribution in [1.82, 2.24) is 10.2 Å². The molecular weight excluding hydrogens is 200 g/mol. The predicted octanol–water partition coefficient (Wildman–Crippen LogP) is 1.57. The van der Waals surface area contributed by atoms with Gasteiger partial charge in [-0.3, -0.25) is 4.90 Å². The molecule has 3 heteroatoms. The molecule has 0 spiro atoms. The van der Waals surface area contributed by atoms with Gasteiger partial charge >= 0.3 is 0 Å². The van der Waals surface area contributed by atoms with E-state index in [0.29, 0.717) is 17.8 Å². The topological polar surface area (TPSA) is 35.5 Å². The first-order valence-electron chi connectivity index (χ1n) is 5.91. The van der Waals surface area contributed by atoms with Gasteiger partial charge in [-0.2, -0.15) is 0 Å². The Morgan fingerprint density at radius 1 is 1.31 bits per heavy atom. The molecule has 0 amide bonds. The minimum absolute atomic E-state index is 0.338. The van der Waals surface area contributed by atoms with Crippen LogP contribution in [0, 0.1) is 0 Å². The largest absolute Gasteiger partial charge is 0.508 e. The van der Waals surface area contributed by atoms with Crippen LogP contribution in [0.25, 0.3) is 0 Å². The van der Waals surface area contributed by atoms with Crippen LogP contribution in [0.15, 0.2) is 24.3 Å². The van der Waals surface area contributed by atoms with Gasteiger partial charge in [-0.25, -0.2) is 0 Å². The molecule has 88 valence electrons. The lowest BCUT2D eigenvalue weighted by Crippen LogP contribution is -2.58. The lowest BCUT2D eigenvalue weighted by molar-refractivity contribution is 0.103. The Balaban J connectivity index is 2.02. The minimum atomic E-state index is 0.338. The lowest BCUT2D eigenvalue weighted by Gasteiger charge is -2.40. The van der Waals surface area contributed by atoms with Crippen molar-refractivity contribution < 1.29 is 5.11 Å². The maximum atomic E-state index is 9.24. The van der Waals surface area contributed by atoms with Gasteiger partial charge in [0.2, 0.25) is 0 Å². The molecule has 0 atom stereocenters. The van der Waals surface area contributed by atoms with Crippen LogP contribution >= 0.6 is 0 Å². The number of nitrogens with zero attached hydrogens (tertiary/aromatic N) is 1. The van der Waals surface area contributed by atoms with E-state index in [2.05, 4.69) is 24.1 Å². The van der Waals surface area contributed by atoms with E-state index >= 15 is 0 Å². The van der Waals surface area contributed by atoms with Crippen molar-refractivity contribution in [3.63, 3.8) is 0 Å². The standard InChI is InChI=1S/C13H20N2O/c1-10(2)15(12-7-14-8-12)9-11-3-5-13(16)6-4-11/h3-6,10,12,14,16H,7-9H2,1-2H3. The summed E-state index contributed by atoms with van der Waals surface area (Å²) in [6.07, 6.45) is 0. The van der Waals surface area contributed by atoms with E-state index in [-0.39, 0.29) is 0 Å². The van der Waals surface area contributed by atoms with E-state index in [1.165, 1.54) is 5.56 Å². The number of hydrogen-bond donors (Lipinski definition) is 2. The highest BCUT2D eigenvalue weighted by atomic mass is 16.3. The molecule has 1 saturated heterocycles. The van der Waals surface area contributed by atoms with E-state index in [4.69, 9.17) is 0 Å². The highest BCUT2D eigenvalue weighted by molar-refractivity contribution is 5.25. The number of phenolic OH excluding ortho intramolecular Hbond substituents is 1. The Bertz CT molecular complexity index is 330. The monoisotopic (exact) mass is 220 g/mol. The third kappa shape index (κ3) is 2.54. The zero-order valence-electron chi connectivity index (χ0n) is 9.98. The third-order valence-electron chi connectivity index (χ3n) is 3.19. The zero-order chi connectivity index (χ0) is 11.5. The van der Waals surface area contributed by atoms with Gasteiger partial charge in [-0.1, -0.05) is 12.1 Å². The minimum Gasteiger partial charge on any atom is -0.508 e. The molecular formula is C13H20N2O. The summed E-state index contributed by atoms with van der Waals surface area (Å²) in [5.74, 6) is 0.338. The highest BCUT2D eigenvalue weighted by Crippen LogP contribution is 2.16. The van der Waals surface area contributed by atoms with Gasteiger partial charge in [0.1, 0.15) is 5.75 Å². The molecule has 0 unspecified atom stereocenters. The summed E-state index contributed by atoms with van der Waals surface area (Å²) < 4.78 is 0. The van der Waals surface area contributed by atoms with Crippen LogP contribution in [-0.4, -0.2) is 35.2 Å². The number of rotatable bonds is 4. The van der Waals surface area contributed by atoms with Gasteiger partial charge in [-0.05, 0) is 31.5 Å². The van der Waals surface area contributed by atoms with Crippen LogP contribution in [0.5, 0.6) is 5.75 Å². The molecule has 1 aliphatic rings. The third-order valence-corrected chi connectivity index (χ3v) is 3.19. The van der Waals surface area contributed by atoms with E-state index in [0.717, 1.165) is 19.6 Å². The summed E-state index contributed by atoms with van der Waals surface area (Å²) in [7, 11) is 0. The molecule has 0 aliphatic carbocycles. The van der Waals surface area contributed by atoms with Crippen LogP contribution in [0.1, 0.15) is 19.4 Å². The Morgan fingerprint density at radius 3 is 2.38 bits per heavy atom. The summed E-state index contributed by atoms with van der Waals surface area (Å²) in [6, 6.07) is 8.72. The van der Waals surface area contributed by atoms with Gasteiger partial charge in [-0.15, -0.1) is 0 Å². The van der Waals surface area contributed by atoms with Crippen molar-refractivity contribution in [1.29, 1.82) is 0 Å². The first-order valence-corrected chi connectivity index (χ1v) is 5.91. The molecule has 1 aromatic rings.